The van der Waals surface area contributed by atoms with Gasteiger partial charge in [0.05, 0.1) is 6.04 Å². The van der Waals surface area contributed by atoms with Gasteiger partial charge in [0, 0.05) is 60.2 Å². The molecule has 0 aliphatic carbocycles. The maximum atomic E-state index is 14.9. The number of allylic oxidation sites excluding steroid dienone is 1. The molecule has 1 fully saturated rings. The van der Waals surface area contributed by atoms with E-state index in [1.807, 2.05) is 44.0 Å². The van der Waals surface area contributed by atoms with Crippen molar-refractivity contribution in [3.05, 3.63) is 52.6 Å². The Labute approximate surface area is 172 Å². The van der Waals surface area contributed by atoms with Crippen LogP contribution in [0, 0.1) is 11.7 Å². The third kappa shape index (κ3) is 3.15. The number of fused-ring (bicyclic) bond motifs is 7. The topological polar surface area (TPSA) is 47.9 Å². The van der Waals surface area contributed by atoms with Crippen LogP contribution in [0.2, 0.25) is 0 Å². The zero-order valence-corrected chi connectivity index (χ0v) is 17.8. The molecule has 0 spiro atoms. The molecule has 1 N–H and O–H groups in total. The van der Waals surface area contributed by atoms with Crippen LogP contribution >= 0.6 is 0 Å². The van der Waals surface area contributed by atoms with Crippen molar-refractivity contribution >= 4 is 17.3 Å². The Hall–Kier alpha value is -2.63. The summed E-state index contributed by atoms with van der Waals surface area (Å²) >= 11 is 0. The molecular weight excluding hydrogens is 367 g/mol. The average Bonchev–Trinajstić information content (AvgIpc) is 3.11. The van der Waals surface area contributed by atoms with Crippen molar-refractivity contribution in [3.8, 4) is 0 Å². The smallest absolute Gasteiger partial charge is 0.225 e. The Kier molecular flexibility index (Phi) is 4.97. The van der Waals surface area contributed by atoms with Crippen LogP contribution in [-0.2, 0) is 4.79 Å². The lowest BCUT2D eigenvalue weighted by atomic mass is 9.94. The second kappa shape index (κ2) is 7.32. The number of halogens is 1. The Balaban J connectivity index is 1.93. The zero-order chi connectivity index (χ0) is 20.9. The van der Waals surface area contributed by atoms with Gasteiger partial charge in [0.2, 0.25) is 5.91 Å². The molecule has 3 aliphatic heterocycles. The molecule has 5 nitrogen and oxygen atoms in total. The van der Waals surface area contributed by atoms with E-state index in [2.05, 4.69) is 29.1 Å². The van der Waals surface area contributed by atoms with Gasteiger partial charge in [0.1, 0.15) is 11.7 Å². The molecule has 29 heavy (non-hydrogen) atoms. The molecule has 1 aromatic carbocycles. The predicted molar refractivity (Wildman–Crippen MR) is 114 cm³/mol. The third-order valence-corrected chi connectivity index (χ3v) is 6.15. The number of hydrogen-bond acceptors (Lipinski definition) is 3. The third-order valence-electron chi connectivity index (χ3n) is 6.15. The standard InChI is InChI=1S/C23H29FN4O/c1-6-25-22-21-15(5)27-12-20(28(11-14(27)4)23(29)13(2)3)16-7-8-19(24)17(9-16)18(21)10-26-22/h7-10,13-14,20H,6,11-12H2,1-5H3,(H,25,26)/b21-15+/t14-,20-/m1/s1. The van der Waals surface area contributed by atoms with E-state index in [1.165, 1.54) is 6.07 Å². The molecule has 1 aromatic rings. The SMILES string of the molecule is CCN=C1NC=C2/C1=C(/C)N1C[C@H](c3ccc(F)c2c3)N(C(=O)C(C)C)C[C@H]1C. The van der Waals surface area contributed by atoms with Crippen LogP contribution in [0.3, 0.4) is 0 Å². The fourth-order valence-corrected chi connectivity index (χ4v) is 4.68. The first-order chi connectivity index (χ1) is 13.8. The molecule has 0 unspecified atom stereocenters. The van der Waals surface area contributed by atoms with E-state index in [1.54, 1.807) is 0 Å². The monoisotopic (exact) mass is 396 g/mol. The number of amidine groups is 1. The van der Waals surface area contributed by atoms with Crippen molar-refractivity contribution in [3.63, 3.8) is 0 Å². The molecule has 6 heteroatoms. The minimum atomic E-state index is -0.258. The highest BCUT2D eigenvalue weighted by molar-refractivity contribution is 6.17. The molecule has 2 atom stereocenters. The number of aliphatic imine (C=N–C) groups is 1. The van der Waals surface area contributed by atoms with E-state index in [9.17, 15) is 9.18 Å². The molecule has 0 saturated carbocycles. The minimum absolute atomic E-state index is 0.0738. The van der Waals surface area contributed by atoms with Gasteiger partial charge >= 0.3 is 0 Å². The van der Waals surface area contributed by atoms with Crippen molar-refractivity contribution in [2.24, 2.45) is 10.9 Å². The lowest BCUT2D eigenvalue weighted by molar-refractivity contribution is -0.140. The molecular formula is C23H29FN4O. The molecule has 0 radical (unpaired) electrons. The summed E-state index contributed by atoms with van der Waals surface area (Å²) in [5, 5.41) is 3.25. The number of amides is 1. The van der Waals surface area contributed by atoms with Gasteiger partial charge in [0.25, 0.3) is 0 Å². The largest absolute Gasteiger partial charge is 0.368 e. The van der Waals surface area contributed by atoms with Gasteiger partial charge in [-0.05, 0) is 38.5 Å². The summed E-state index contributed by atoms with van der Waals surface area (Å²) in [5.41, 5.74) is 4.39. The van der Waals surface area contributed by atoms with E-state index < -0.39 is 0 Å². The van der Waals surface area contributed by atoms with Gasteiger partial charge in [-0.15, -0.1) is 0 Å². The van der Waals surface area contributed by atoms with E-state index in [0.717, 1.165) is 28.2 Å². The molecule has 154 valence electrons. The number of carbonyl (C=O) groups excluding carboxylic acids is 1. The highest BCUT2D eigenvalue weighted by Gasteiger charge is 2.39. The number of rotatable bonds is 2. The molecule has 4 rings (SSSR count). The van der Waals surface area contributed by atoms with Gasteiger partial charge in [-0.2, -0.15) is 0 Å². The number of nitrogens with zero attached hydrogens (tertiary/aromatic N) is 3. The lowest BCUT2D eigenvalue weighted by Crippen LogP contribution is -2.55. The van der Waals surface area contributed by atoms with E-state index in [4.69, 9.17) is 0 Å². The van der Waals surface area contributed by atoms with E-state index in [0.29, 0.717) is 25.2 Å². The highest BCUT2D eigenvalue weighted by atomic mass is 19.1. The molecule has 1 amide bonds. The van der Waals surface area contributed by atoms with Crippen molar-refractivity contribution in [1.82, 2.24) is 15.1 Å². The average molecular weight is 397 g/mol. The second-order valence-electron chi connectivity index (χ2n) is 8.39. The van der Waals surface area contributed by atoms with Crippen LogP contribution in [0.1, 0.15) is 51.8 Å². The van der Waals surface area contributed by atoms with Crippen LogP contribution < -0.4 is 5.32 Å². The van der Waals surface area contributed by atoms with Crippen LogP contribution in [0.4, 0.5) is 4.39 Å². The quantitative estimate of drug-likeness (QED) is 0.829. The summed E-state index contributed by atoms with van der Waals surface area (Å²) in [6.07, 6.45) is 1.85. The maximum Gasteiger partial charge on any atom is 0.225 e. The fourth-order valence-electron chi connectivity index (χ4n) is 4.68. The molecule has 4 bridgehead atoms. The van der Waals surface area contributed by atoms with Gasteiger partial charge in [-0.3, -0.25) is 9.79 Å². The fraction of sp³-hybridized carbons (Fsp3) is 0.478. The summed E-state index contributed by atoms with van der Waals surface area (Å²) in [4.78, 5) is 21.9. The number of piperazine rings is 1. The number of carbonyl (C=O) groups is 1. The first-order valence-electron chi connectivity index (χ1n) is 10.4. The van der Waals surface area contributed by atoms with Gasteiger partial charge in [-0.1, -0.05) is 19.9 Å². The van der Waals surface area contributed by atoms with Crippen LogP contribution in [0.5, 0.6) is 0 Å². The van der Waals surface area contributed by atoms with Crippen molar-refractivity contribution in [2.45, 2.75) is 46.7 Å². The predicted octanol–water partition coefficient (Wildman–Crippen LogP) is 3.71. The maximum absolute atomic E-state index is 14.9. The summed E-state index contributed by atoms with van der Waals surface area (Å²) in [7, 11) is 0. The first-order valence-corrected chi connectivity index (χ1v) is 10.4. The van der Waals surface area contributed by atoms with Gasteiger partial charge < -0.3 is 15.1 Å². The first kappa shape index (κ1) is 19.7. The zero-order valence-electron chi connectivity index (χ0n) is 17.8. The Bertz CT molecular complexity index is 946. The highest BCUT2D eigenvalue weighted by Crippen LogP contribution is 2.40. The van der Waals surface area contributed by atoms with E-state index in [-0.39, 0.29) is 29.7 Å². The number of hydrogen-bond donors (Lipinski definition) is 1. The van der Waals surface area contributed by atoms with Crippen molar-refractivity contribution in [2.75, 3.05) is 19.6 Å². The number of nitrogens with one attached hydrogen (secondary N) is 1. The van der Waals surface area contributed by atoms with Gasteiger partial charge in [-0.25, -0.2) is 4.39 Å². The Morgan fingerprint density at radius 2 is 2.10 bits per heavy atom. The molecule has 1 saturated heterocycles. The summed E-state index contributed by atoms with van der Waals surface area (Å²) in [6, 6.07) is 5.32. The van der Waals surface area contributed by atoms with Crippen LogP contribution in [0.25, 0.3) is 5.57 Å². The summed E-state index contributed by atoms with van der Waals surface area (Å²) < 4.78 is 14.9. The van der Waals surface area contributed by atoms with Crippen LogP contribution in [0.15, 0.2) is 40.7 Å². The summed E-state index contributed by atoms with van der Waals surface area (Å²) in [5.74, 6) is 0.601. The molecule has 3 heterocycles. The van der Waals surface area contributed by atoms with Crippen LogP contribution in [-0.4, -0.2) is 47.2 Å². The lowest BCUT2D eigenvalue weighted by Gasteiger charge is -2.47. The van der Waals surface area contributed by atoms with Crippen molar-refractivity contribution in [1.29, 1.82) is 0 Å². The molecule has 0 aromatic heterocycles. The van der Waals surface area contributed by atoms with Gasteiger partial charge in [0.15, 0.2) is 0 Å². The van der Waals surface area contributed by atoms with Crippen molar-refractivity contribution < 1.29 is 9.18 Å². The van der Waals surface area contributed by atoms with E-state index >= 15 is 0 Å². The molecule has 3 aliphatic rings. The normalized spacial score (nSPS) is 27.3. The second-order valence-corrected chi connectivity index (χ2v) is 8.39. The Morgan fingerprint density at radius 3 is 2.79 bits per heavy atom. The Morgan fingerprint density at radius 1 is 1.34 bits per heavy atom. The number of benzene rings is 1. The summed E-state index contributed by atoms with van der Waals surface area (Å²) in [6.45, 7) is 12.1. The minimum Gasteiger partial charge on any atom is -0.368 e.